The zero-order valence-corrected chi connectivity index (χ0v) is 13.5. The number of thioether (sulfide) groups is 1. The van der Waals surface area contributed by atoms with E-state index in [2.05, 4.69) is 0 Å². The summed E-state index contributed by atoms with van der Waals surface area (Å²) in [6, 6.07) is 11.5. The van der Waals surface area contributed by atoms with Crippen molar-refractivity contribution in [3.05, 3.63) is 47.7 Å². The highest BCUT2D eigenvalue weighted by Crippen LogP contribution is 2.29. The molecule has 124 valence electrons. The molecule has 0 spiro atoms. The Bertz CT molecular complexity index is 776. The third-order valence-corrected chi connectivity index (χ3v) is 3.62. The van der Waals surface area contributed by atoms with E-state index in [0.717, 1.165) is 0 Å². The second kappa shape index (κ2) is 8.31. The van der Waals surface area contributed by atoms with Crippen LogP contribution in [0.25, 0.3) is 17.4 Å². The van der Waals surface area contributed by atoms with Gasteiger partial charge in [0.05, 0.1) is 6.61 Å². The van der Waals surface area contributed by atoms with E-state index in [9.17, 15) is 13.6 Å². The fourth-order valence-corrected chi connectivity index (χ4v) is 2.37. The van der Waals surface area contributed by atoms with Crippen molar-refractivity contribution < 1.29 is 22.7 Å². The highest BCUT2D eigenvalue weighted by atomic mass is 32.2. The van der Waals surface area contributed by atoms with E-state index in [1.54, 1.807) is 49.4 Å². The summed E-state index contributed by atoms with van der Waals surface area (Å²) < 4.78 is 34.9. The maximum Gasteiger partial charge on any atom is 0.349 e. The molecular weight excluding hydrogens is 336 g/mol. The molecule has 0 radical (unpaired) electrons. The SMILES string of the molecule is CCOC(=O)C(C#N)=Cc1ccc(-c2ccc(SC(F)F)cc2)o1. The summed E-state index contributed by atoms with van der Waals surface area (Å²) in [4.78, 5) is 12.0. The minimum atomic E-state index is -2.47. The van der Waals surface area contributed by atoms with Crippen LogP contribution in [0.4, 0.5) is 8.78 Å². The first kappa shape index (κ1) is 17.8. The maximum absolute atomic E-state index is 12.3. The van der Waals surface area contributed by atoms with Crippen LogP contribution < -0.4 is 0 Å². The summed E-state index contributed by atoms with van der Waals surface area (Å²) in [6.45, 7) is 1.82. The Labute approximate surface area is 141 Å². The number of carbonyl (C=O) groups is 1. The number of alkyl halides is 2. The number of rotatable bonds is 6. The van der Waals surface area contributed by atoms with Gasteiger partial charge in [-0.2, -0.15) is 14.0 Å². The molecule has 2 rings (SSSR count). The average molecular weight is 349 g/mol. The van der Waals surface area contributed by atoms with Gasteiger partial charge in [0.1, 0.15) is 23.2 Å². The topological polar surface area (TPSA) is 63.2 Å². The predicted octanol–water partition coefficient (Wildman–Crippen LogP) is 4.73. The van der Waals surface area contributed by atoms with Crippen LogP contribution in [-0.4, -0.2) is 18.3 Å². The van der Waals surface area contributed by atoms with Gasteiger partial charge in [-0.15, -0.1) is 0 Å². The van der Waals surface area contributed by atoms with Crippen molar-refractivity contribution in [2.75, 3.05) is 6.61 Å². The first-order valence-electron chi connectivity index (χ1n) is 6.97. The lowest BCUT2D eigenvalue weighted by atomic mass is 10.2. The van der Waals surface area contributed by atoms with Crippen LogP contribution in [0.15, 0.2) is 51.3 Å². The minimum Gasteiger partial charge on any atom is -0.462 e. The number of nitrogens with zero attached hydrogens (tertiary/aromatic N) is 1. The largest absolute Gasteiger partial charge is 0.462 e. The first-order chi connectivity index (χ1) is 11.5. The van der Waals surface area contributed by atoms with Gasteiger partial charge in [-0.1, -0.05) is 23.9 Å². The highest BCUT2D eigenvalue weighted by molar-refractivity contribution is 7.99. The molecular formula is C17H13F2NO3S. The number of carbonyl (C=O) groups excluding carboxylic acids is 1. The van der Waals surface area contributed by atoms with Gasteiger partial charge < -0.3 is 9.15 Å². The van der Waals surface area contributed by atoms with Gasteiger partial charge in [0.25, 0.3) is 5.76 Å². The molecule has 0 aliphatic carbocycles. The minimum absolute atomic E-state index is 0.165. The molecule has 4 nitrogen and oxygen atoms in total. The third-order valence-electron chi connectivity index (χ3n) is 2.89. The monoisotopic (exact) mass is 349 g/mol. The number of nitriles is 1. The van der Waals surface area contributed by atoms with E-state index < -0.39 is 11.7 Å². The van der Waals surface area contributed by atoms with Crippen LogP contribution >= 0.6 is 11.8 Å². The first-order valence-corrected chi connectivity index (χ1v) is 7.85. The Morgan fingerprint density at radius 3 is 2.62 bits per heavy atom. The molecule has 0 bridgehead atoms. The Morgan fingerprint density at radius 1 is 1.33 bits per heavy atom. The van der Waals surface area contributed by atoms with Crippen LogP contribution in [0.5, 0.6) is 0 Å². The fourth-order valence-electron chi connectivity index (χ4n) is 1.87. The van der Waals surface area contributed by atoms with Crippen LogP contribution in [0.1, 0.15) is 12.7 Å². The summed E-state index contributed by atoms with van der Waals surface area (Å²) >= 11 is 0.466. The summed E-state index contributed by atoms with van der Waals surface area (Å²) in [5.74, 6) is -2.37. The second-order valence-electron chi connectivity index (χ2n) is 4.50. The van der Waals surface area contributed by atoms with Crippen molar-refractivity contribution in [1.82, 2.24) is 0 Å². The summed E-state index contributed by atoms with van der Waals surface area (Å²) in [5.41, 5.74) is 0.532. The lowest BCUT2D eigenvalue weighted by Crippen LogP contribution is -2.05. The normalized spacial score (nSPS) is 11.4. The molecule has 1 aromatic heterocycles. The quantitative estimate of drug-likeness (QED) is 0.326. The molecule has 0 saturated carbocycles. The standard InChI is InChI=1S/C17H13F2NO3S/c1-2-22-16(21)12(10-20)9-13-5-8-15(23-13)11-3-6-14(7-4-11)24-17(18)19/h3-9,17H,2H2,1H3. The summed E-state index contributed by atoms with van der Waals surface area (Å²) in [7, 11) is 0. The van der Waals surface area contributed by atoms with Gasteiger partial charge in [-0.3, -0.25) is 0 Å². The van der Waals surface area contributed by atoms with Crippen LogP contribution in [0.3, 0.4) is 0 Å². The Hall–Kier alpha value is -2.59. The number of halogens is 2. The fraction of sp³-hybridized carbons (Fsp3) is 0.176. The number of ether oxygens (including phenoxy) is 1. The number of hydrogen-bond acceptors (Lipinski definition) is 5. The molecule has 0 N–H and O–H groups in total. The number of hydrogen-bond donors (Lipinski definition) is 0. The predicted molar refractivity (Wildman–Crippen MR) is 86.2 cm³/mol. The number of esters is 1. The van der Waals surface area contributed by atoms with Crippen molar-refractivity contribution in [3.63, 3.8) is 0 Å². The van der Waals surface area contributed by atoms with E-state index in [4.69, 9.17) is 14.4 Å². The van der Waals surface area contributed by atoms with Crippen LogP contribution in [0, 0.1) is 11.3 Å². The molecule has 0 fully saturated rings. The molecule has 1 heterocycles. The number of benzene rings is 1. The van der Waals surface area contributed by atoms with Gasteiger partial charge in [0.15, 0.2) is 0 Å². The van der Waals surface area contributed by atoms with E-state index in [0.29, 0.717) is 33.7 Å². The maximum atomic E-state index is 12.3. The van der Waals surface area contributed by atoms with Crippen molar-refractivity contribution in [2.24, 2.45) is 0 Å². The van der Waals surface area contributed by atoms with Crippen LogP contribution in [-0.2, 0) is 9.53 Å². The van der Waals surface area contributed by atoms with Crippen molar-refractivity contribution >= 4 is 23.8 Å². The van der Waals surface area contributed by atoms with Gasteiger partial charge >= 0.3 is 5.97 Å². The zero-order chi connectivity index (χ0) is 17.5. The van der Waals surface area contributed by atoms with Crippen LogP contribution in [0.2, 0.25) is 0 Å². The van der Waals surface area contributed by atoms with E-state index in [1.165, 1.54) is 6.08 Å². The van der Waals surface area contributed by atoms with E-state index in [-0.39, 0.29) is 12.2 Å². The Balaban J connectivity index is 2.18. The summed E-state index contributed by atoms with van der Waals surface area (Å²) in [6.07, 6.45) is 1.29. The second-order valence-corrected chi connectivity index (χ2v) is 5.56. The molecule has 0 aliphatic heterocycles. The van der Waals surface area contributed by atoms with Gasteiger partial charge in [-0.25, -0.2) is 4.79 Å². The highest BCUT2D eigenvalue weighted by Gasteiger charge is 2.12. The van der Waals surface area contributed by atoms with E-state index >= 15 is 0 Å². The van der Waals surface area contributed by atoms with Gasteiger partial charge in [0.2, 0.25) is 0 Å². The zero-order valence-electron chi connectivity index (χ0n) is 12.7. The molecule has 7 heteroatoms. The van der Waals surface area contributed by atoms with Gasteiger partial charge in [0, 0.05) is 16.5 Å². The molecule has 0 amide bonds. The molecule has 1 aromatic carbocycles. The van der Waals surface area contributed by atoms with Crippen molar-refractivity contribution in [1.29, 1.82) is 5.26 Å². The van der Waals surface area contributed by atoms with E-state index in [1.807, 2.05) is 0 Å². The molecule has 0 atom stereocenters. The molecule has 0 aliphatic rings. The smallest absolute Gasteiger partial charge is 0.349 e. The Morgan fingerprint density at radius 2 is 2.04 bits per heavy atom. The lowest BCUT2D eigenvalue weighted by molar-refractivity contribution is -0.137. The molecule has 0 unspecified atom stereocenters. The number of furan rings is 1. The summed E-state index contributed by atoms with van der Waals surface area (Å²) in [5, 5.41) is 8.99. The molecule has 2 aromatic rings. The molecule has 0 saturated heterocycles. The molecule has 24 heavy (non-hydrogen) atoms. The Kier molecular flexibility index (Phi) is 6.15. The van der Waals surface area contributed by atoms with Crippen molar-refractivity contribution in [2.45, 2.75) is 17.6 Å². The average Bonchev–Trinajstić information content (AvgIpc) is 3.01. The third kappa shape index (κ3) is 4.70. The van der Waals surface area contributed by atoms with Crippen molar-refractivity contribution in [3.8, 4) is 17.4 Å². The lowest BCUT2D eigenvalue weighted by Gasteiger charge is -2.01. The van der Waals surface area contributed by atoms with Gasteiger partial charge in [-0.05, 0) is 31.2 Å².